The van der Waals surface area contributed by atoms with E-state index >= 15 is 0 Å². The number of hydrogen-bond acceptors (Lipinski definition) is 8. The van der Waals surface area contributed by atoms with Gasteiger partial charge in [0.1, 0.15) is 0 Å². The van der Waals surface area contributed by atoms with Gasteiger partial charge in [-0.2, -0.15) is 4.68 Å². The average molecular weight is 466 g/mol. The van der Waals surface area contributed by atoms with Crippen molar-refractivity contribution in [1.82, 2.24) is 39.5 Å². The molecule has 4 heterocycles. The van der Waals surface area contributed by atoms with Crippen LogP contribution in [0.1, 0.15) is 18.9 Å². The molecular formula is C21H23N9S2. The number of benzene rings is 1. The van der Waals surface area contributed by atoms with Crippen LogP contribution in [0.15, 0.2) is 47.8 Å². The third-order valence-corrected chi connectivity index (χ3v) is 7.24. The fourth-order valence-electron chi connectivity index (χ4n) is 4.14. The van der Waals surface area contributed by atoms with Gasteiger partial charge in [-0.3, -0.25) is 9.47 Å². The van der Waals surface area contributed by atoms with Gasteiger partial charge in [-0.15, -0.1) is 16.4 Å². The molecule has 0 amide bonds. The summed E-state index contributed by atoms with van der Waals surface area (Å²) in [6.45, 7) is 4.19. The van der Waals surface area contributed by atoms with E-state index in [4.69, 9.17) is 17.3 Å². The predicted octanol–water partition coefficient (Wildman–Crippen LogP) is 3.23. The Labute approximate surface area is 194 Å². The van der Waals surface area contributed by atoms with Crippen LogP contribution in [0, 0.1) is 4.77 Å². The van der Waals surface area contributed by atoms with E-state index in [9.17, 15) is 0 Å². The van der Waals surface area contributed by atoms with Gasteiger partial charge in [0.05, 0.1) is 17.2 Å². The number of piperazine rings is 1. The molecule has 1 aromatic carbocycles. The van der Waals surface area contributed by atoms with Crippen molar-refractivity contribution in [3.8, 4) is 16.4 Å². The van der Waals surface area contributed by atoms with Crippen molar-refractivity contribution in [3.05, 3.63) is 52.6 Å². The van der Waals surface area contributed by atoms with E-state index < -0.39 is 0 Å². The average Bonchev–Trinajstić information content (AvgIpc) is 3.21. The Balaban J connectivity index is 1.17. The van der Waals surface area contributed by atoms with Crippen LogP contribution in [0.25, 0.3) is 16.4 Å². The molecule has 32 heavy (non-hydrogen) atoms. The first kappa shape index (κ1) is 19.8. The number of anilines is 1. The van der Waals surface area contributed by atoms with E-state index in [1.165, 1.54) is 17.7 Å². The Morgan fingerprint density at radius 3 is 2.53 bits per heavy atom. The number of aromatic nitrogens is 7. The Morgan fingerprint density at radius 1 is 1.00 bits per heavy atom. The number of tetrazole rings is 1. The number of nitrogens with zero attached hydrogens (tertiary/aromatic N) is 9. The molecule has 164 valence electrons. The summed E-state index contributed by atoms with van der Waals surface area (Å²) < 4.78 is 6.88. The summed E-state index contributed by atoms with van der Waals surface area (Å²) in [4.78, 5) is 5.81. The minimum atomic E-state index is 0.502. The van der Waals surface area contributed by atoms with Gasteiger partial charge >= 0.3 is 0 Å². The zero-order valence-corrected chi connectivity index (χ0v) is 19.1. The molecule has 0 spiro atoms. The summed E-state index contributed by atoms with van der Waals surface area (Å²) in [6, 6.07) is 14.7. The van der Waals surface area contributed by atoms with Gasteiger partial charge in [-0.05, 0) is 59.1 Å². The van der Waals surface area contributed by atoms with Gasteiger partial charge in [-0.25, -0.2) is 4.68 Å². The van der Waals surface area contributed by atoms with Crippen LogP contribution in [0.3, 0.4) is 0 Å². The number of thiophene rings is 1. The summed E-state index contributed by atoms with van der Waals surface area (Å²) in [6.07, 6.45) is 2.38. The Morgan fingerprint density at radius 2 is 1.81 bits per heavy atom. The normalized spacial score (nSPS) is 17.2. The van der Waals surface area contributed by atoms with Crippen molar-refractivity contribution in [1.29, 1.82) is 0 Å². The SMILES string of the molecule is S=c1n(CN2CCN(c3nnnn3-c3ccccc3)CC2)nc(-c2cccs2)n1C1CC1. The molecule has 1 aliphatic heterocycles. The molecule has 0 radical (unpaired) electrons. The van der Waals surface area contributed by atoms with Crippen molar-refractivity contribution in [2.75, 3.05) is 31.1 Å². The van der Waals surface area contributed by atoms with Gasteiger partial charge in [0.25, 0.3) is 0 Å². The second-order valence-corrected chi connectivity index (χ2v) is 9.47. The van der Waals surface area contributed by atoms with Gasteiger partial charge in [0, 0.05) is 32.2 Å². The van der Waals surface area contributed by atoms with E-state index in [2.05, 4.69) is 47.4 Å². The molecule has 9 nitrogen and oxygen atoms in total. The minimum Gasteiger partial charge on any atom is -0.337 e. The second-order valence-electron chi connectivity index (χ2n) is 8.16. The van der Waals surface area contributed by atoms with Crippen LogP contribution in [-0.2, 0) is 6.67 Å². The van der Waals surface area contributed by atoms with Crippen LogP contribution in [0.2, 0.25) is 0 Å². The zero-order chi connectivity index (χ0) is 21.5. The maximum Gasteiger partial charge on any atom is 0.250 e. The molecule has 0 N–H and O–H groups in total. The number of rotatable bonds is 6. The van der Waals surface area contributed by atoms with Gasteiger partial charge in [0.15, 0.2) is 10.6 Å². The van der Waals surface area contributed by atoms with Crippen molar-refractivity contribution >= 4 is 29.5 Å². The van der Waals surface area contributed by atoms with Crippen molar-refractivity contribution in [2.45, 2.75) is 25.6 Å². The van der Waals surface area contributed by atoms with Gasteiger partial charge in [0.2, 0.25) is 5.95 Å². The highest BCUT2D eigenvalue weighted by atomic mass is 32.1. The van der Waals surface area contributed by atoms with Crippen LogP contribution in [-0.4, -0.2) is 65.6 Å². The van der Waals surface area contributed by atoms with Crippen LogP contribution < -0.4 is 4.90 Å². The van der Waals surface area contributed by atoms with E-state index in [0.29, 0.717) is 12.7 Å². The maximum absolute atomic E-state index is 5.83. The van der Waals surface area contributed by atoms with E-state index in [0.717, 1.165) is 48.4 Å². The second kappa shape index (κ2) is 8.23. The fraction of sp³-hybridized carbons (Fsp3) is 0.381. The van der Waals surface area contributed by atoms with Gasteiger partial charge < -0.3 is 4.90 Å². The summed E-state index contributed by atoms with van der Waals surface area (Å²) in [5.41, 5.74) is 0.966. The number of para-hydroxylation sites is 1. The van der Waals surface area contributed by atoms with Crippen molar-refractivity contribution in [2.24, 2.45) is 0 Å². The molecule has 2 aliphatic rings. The quantitative estimate of drug-likeness (QED) is 0.405. The highest BCUT2D eigenvalue weighted by molar-refractivity contribution is 7.71. The molecule has 1 saturated heterocycles. The first-order chi connectivity index (χ1) is 15.8. The summed E-state index contributed by atoms with van der Waals surface area (Å²) in [5, 5.41) is 19.4. The zero-order valence-electron chi connectivity index (χ0n) is 17.5. The lowest BCUT2D eigenvalue weighted by Gasteiger charge is -2.34. The lowest BCUT2D eigenvalue weighted by atomic mass is 10.3. The number of hydrogen-bond donors (Lipinski definition) is 0. The molecular weight excluding hydrogens is 442 g/mol. The first-order valence-corrected chi connectivity index (χ1v) is 12.1. The summed E-state index contributed by atoms with van der Waals surface area (Å²) in [7, 11) is 0. The highest BCUT2D eigenvalue weighted by Crippen LogP contribution is 2.39. The topological polar surface area (TPSA) is 72.8 Å². The molecule has 3 aromatic heterocycles. The predicted molar refractivity (Wildman–Crippen MR) is 126 cm³/mol. The van der Waals surface area contributed by atoms with Crippen LogP contribution >= 0.6 is 23.6 Å². The molecule has 11 heteroatoms. The first-order valence-electron chi connectivity index (χ1n) is 10.8. The molecule has 2 fully saturated rings. The maximum atomic E-state index is 5.83. The van der Waals surface area contributed by atoms with Crippen LogP contribution in [0.4, 0.5) is 5.95 Å². The Bertz CT molecular complexity index is 1250. The molecule has 1 saturated carbocycles. The van der Waals surface area contributed by atoms with Crippen molar-refractivity contribution in [3.63, 3.8) is 0 Å². The van der Waals surface area contributed by atoms with E-state index in [1.54, 1.807) is 16.0 Å². The molecule has 0 atom stereocenters. The van der Waals surface area contributed by atoms with E-state index in [-0.39, 0.29) is 0 Å². The van der Waals surface area contributed by atoms with Crippen LogP contribution in [0.5, 0.6) is 0 Å². The Kier molecular flexibility index (Phi) is 5.08. The fourth-order valence-corrected chi connectivity index (χ4v) is 5.18. The third-order valence-electron chi connectivity index (χ3n) is 5.97. The lowest BCUT2D eigenvalue weighted by molar-refractivity contribution is 0.193. The minimum absolute atomic E-state index is 0.502. The standard InChI is InChI=1S/C21H23N9S2/c31-21-28(23-19(18-7-4-14-32-18)29(21)16-8-9-16)15-26-10-12-27(13-11-26)20-22-24-25-30(20)17-5-2-1-3-6-17/h1-7,14,16H,8-13,15H2. The molecule has 0 unspecified atom stereocenters. The van der Waals surface area contributed by atoms with Gasteiger partial charge in [-0.1, -0.05) is 29.4 Å². The van der Waals surface area contributed by atoms with Crippen molar-refractivity contribution < 1.29 is 0 Å². The Hall–Kier alpha value is -2.89. The molecule has 0 bridgehead atoms. The monoisotopic (exact) mass is 465 g/mol. The molecule has 6 rings (SSSR count). The molecule has 1 aliphatic carbocycles. The largest absolute Gasteiger partial charge is 0.337 e. The van der Waals surface area contributed by atoms with E-state index in [1.807, 2.05) is 35.0 Å². The highest BCUT2D eigenvalue weighted by Gasteiger charge is 2.30. The molecule has 4 aromatic rings. The smallest absolute Gasteiger partial charge is 0.250 e. The summed E-state index contributed by atoms with van der Waals surface area (Å²) in [5.74, 6) is 1.79. The lowest BCUT2D eigenvalue weighted by Crippen LogP contribution is -2.47. The third kappa shape index (κ3) is 3.65. The summed E-state index contributed by atoms with van der Waals surface area (Å²) >= 11 is 7.55.